The molecule has 0 bridgehead atoms. The fraction of sp³-hybridized carbons (Fsp3) is 0.500. The van der Waals surface area contributed by atoms with Gasteiger partial charge in [-0.15, -0.1) is 11.3 Å². The maximum atomic E-state index is 11.0. The molecule has 1 atom stereocenters. The first-order chi connectivity index (χ1) is 6.66. The first-order valence-electron chi connectivity index (χ1n) is 4.62. The van der Waals surface area contributed by atoms with Crippen LogP contribution in [0.25, 0.3) is 0 Å². The Balaban J connectivity index is 2.78. The van der Waals surface area contributed by atoms with Gasteiger partial charge in [0.05, 0.1) is 10.9 Å². The number of aliphatic carboxylic acids is 1. The Kier molecular flexibility index (Phi) is 4.42. The molecular formula is C10H13ClO2S. The van der Waals surface area contributed by atoms with Gasteiger partial charge in [-0.3, -0.25) is 4.79 Å². The second-order valence-electron chi connectivity index (χ2n) is 3.17. The van der Waals surface area contributed by atoms with Crippen molar-refractivity contribution >= 4 is 28.9 Å². The van der Waals surface area contributed by atoms with Crippen LogP contribution in [-0.4, -0.2) is 11.1 Å². The number of hydrogen-bond acceptors (Lipinski definition) is 2. The molecule has 1 aromatic rings. The highest BCUT2D eigenvalue weighted by atomic mass is 35.5. The minimum Gasteiger partial charge on any atom is -0.481 e. The third-order valence-corrected chi connectivity index (χ3v) is 3.58. The first kappa shape index (κ1) is 11.5. The summed E-state index contributed by atoms with van der Waals surface area (Å²) in [5.74, 6) is -1.20. The molecule has 0 aliphatic heterocycles. The maximum Gasteiger partial charge on any atom is 0.311 e. The van der Waals surface area contributed by atoms with Crippen molar-refractivity contribution in [1.82, 2.24) is 0 Å². The van der Waals surface area contributed by atoms with Crippen molar-refractivity contribution in [2.75, 3.05) is 0 Å². The molecule has 0 aliphatic carbocycles. The molecule has 0 fully saturated rings. The van der Waals surface area contributed by atoms with Gasteiger partial charge >= 0.3 is 5.97 Å². The highest BCUT2D eigenvalue weighted by Crippen LogP contribution is 2.33. The van der Waals surface area contributed by atoms with Crippen LogP contribution in [-0.2, 0) is 4.79 Å². The van der Waals surface area contributed by atoms with E-state index < -0.39 is 11.9 Å². The van der Waals surface area contributed by atoms with Gasteiger partial charge in [-0.1, -0.05) is 31.4 Å². The predicted octanol–water partition coefficient (Wildman–Crippen LogP) is 3.76. The van der Waals surface area contributed by atoms with Gasteiger partial charge < -0.3 is 5.11 Å². The van der Waals surface area contributed by atoms with Gasteiger partial charge in [0.15, 0.2) is 0 Å². The average Bonchev–Trinajstić information content (AvgIpc) is 2.52. The van der Waals surface area contributed by atoms with E-state index in [4.69, 9.17) is 16.7 Å². The minimum atomic E-state index is -0.775. The molecule has 1 unspecified atom stereocenters. The standard InChI is InChI=1S/C10H13ClO2S/c1-2-3-4-7(10(12)13)9-8(11)5-6-14-9/h5-7H,2-4H2,1H3,(H,12,13). The molecular weight excluding hydrogens is 220 g/mol. The van der Waals surface area contributed by atoms with E-state index in [1.807, 2.05) is 5.38 Å². The third-order valence-electron chi connectivity index (χ3n) is 2.11. The topological polar surface area (TPSA) is 37.3 Å². The molecule has 78 valence electrons. The van der Waals surface area contributed by atoms with Gasteiger partial charge in [0.1, 0.15) is 0 Å². The molecule has 0 radical (unpaired) electrons. The average molecular weight is 233 g/mol. The zero-order chi connectivity index (χ0) is 10.6. The Morgan fingerprint density at radius 2 is 2.43 bits per heavy atom. The van der Waals surface area contributed by atoms with Crippen LogP contribution in [0, 0.1) is 0 Å². The van der Waals surface area contributed by atoms with Crippen LogP contribution >= 0.6 is 22.9 Å². The Labute approximate surface area is 92.5 Å². The largest absolute Gasteiger partial charge is 0.481 e. The summed E-state index contributed by atoms with van der Waals surface area (Å²) in [5, 5.41) is 11.5. The second-order valence-corrected chi connectivity index (χ2v) is 4.52. The normalized spacial score (nSPS) is 12.7. The molecule has 2 nitrogen and oxygen atoms in total. The van der Waals surface area contributed by atoms with Gasteiger partial charge in [-0.2, -0.15) is 0 Å². The van der Waals surface area contributed by atoms with E-state index in [9.17, 15) is 4.79 Å². The molecule has 0 aromatic carbocycles. The SMILES string of the molecule is CCCCC(C(=O)O)c1sccc1Cl. The first-order valence-corrected chi connectivity index (χ1v) is 5.88. The summed E-state index contributed by atoms with van der Waals surface area (Å²) < 4.78 is 0. The summed E-state index contributed by atoms with van der Waals surface area (Å²) in [6.07, 6.45) is 2.60. The molecule has 1 N–H and O–H groups in total. The lowest BCUT2D eigenvalue weighted by atomic mass is 10.0. The number of rotatable bonds is 5. The third kappa shape index (κ3) is 2.72. The highest BCUT2D eigenvalue weighted by molar-refractivity contribution is 7.10. The molecule has 0 saturated carbocycles. The van der Waals surface area contributed by atoms with Gasteiger partial charge in [-0.05, 0) is 17.9 Å². The van der Waals surface area contributed by atoms with Gasteiger partial charge in [0, 0.05) is 4.88 Å². The molecule has 14 heavy (non-hydrogen) atoms. The summed E-state index contributed by atoms with van der Waals surface area (Å²) in [6.45, 7) is 2.05. The van der Waals surface area contributed by atoms with Crippen LogP contribution in [0.3, 0.4) is 0 Å². The smallest absolute Gasteiger partial charge is 0.311 e. The summed E-state index contributed by atoms with van der Waals surface area (Å²) in [6, 6.07) is 1.75. The number of halogens is 1. The zero-order valence-corrected chi connectivity index (χ0v) is 9.57. The van der Waals surface area contributed by atoms with E-state index in [0.717, 1.165) is 17.7 Å². The van der Waals surface area contributed by atoms with Crippen LogP contribution in [0.1, 0.15) is 37.0 Å². The molecule has 4 heteroatoms. The fourth-order valence-corrected chi connectivity index (χ4v) is 2.65. The van der Waals surface area contributed by atoms with Crippen LogP contribution < -0.4 is 0 Å². The zero-order valence-electron chi connectivity index (χ0n) is 8.00. The maximum absolute atomic E-state index is 11.0. The summed E-state index contributed by atoms with van der Waals surface area (Å²) >= 11 is 7.33. The van der Waals surface area contributed by atoms with E-state index in [1.165, 1.54) is 11.3 Å². The summed E-state index contributed by atoms with van der Waals surface area (Å²) in [5.41, 5.74) is 0. The van der Waals surface area contributed by atoms with Gasteiger partial charge in [0.2, 0.25) is 0 Å². The van der Waals surface area contributed by atoms with E-state index in [1.54, 1.807) is 6.07 Å². The van der Waals surface area contributed by atoms with Crippen molar-refractivity contribution < 1.29 is 9.90 Å². The lowest BCUT2D eigenvalue weighted by Crippen LogP contribution is -2.10. The van der Waals surface area contributed by atoms with Crippen LogP contribution in [0.15, 0.2) is 11.4 Å². The Hall–Kier alpha value is -0.540. The van der Waals surface area contributed by atoms with E-state index >= 15 is 0 Å². The molecule has 1 aromatic heterocycles. The highest BCUT2D eigenvalue weighted by Gasteiger charge is 2.22. The summed E-state index contributed by atoms with van der Waals surface area (Å²) in [4.78, 5) is 11.8. The van der Waals surface area contributed by atoms with Crippen molar-refractivity contribution in [3.63, 3.8) is 0 Å². The minimum absolute atomic E-state index is 0.428. The van der Waals surface area contributed by atoms with Crippen molar-refractivity contribution in [3.05, 3.63) is 21.3 Å². The van der Waals surface area contributed by atoms with Gasteiger partial charge in [0.25, 0.3) is 0 Å². The van der Waals surface area contributed by atoms with Crippen molar-refractivity contribution in [3.8, 4) is 0 Å². The molecule has 1 heterocycles. The van der Waals surface area contributed by atoms with Crippen molar-refractivity contribution in [2.45, 2.75) is 32.1 Å². The Morgan fingerprint density at radius 1 is 1.71 bits per heavy atom. The van der Waals surface area contributed by atoms with Crippen LogP contribution in [0.5, 0.6) is 0 Å². The fourth-order valence-electron chi connectivity index (χ4n) is 1.33. The second kappa shape index (κ2) is 5.37. The molecule has 0 spiro atoms. The molecule has 1 rings (SSSR count). The van der Waals surface area contributed by atoms with E-state index in [0.29, 0.717) is 11.4 Å². The quantitative estimate of drug-likeness (QED) is 0.839. The number of hydrogen-bond donors (Lipinski definition) is 1. The van der Waals surface area contributed by atoms with Crippen molar-refractivity contribution in [1.29, 1.82) is 0 Å². The number of carboxylic acids is 1. The number of thiophene rings is 1. The predicted molar refractivity (Wildman–Crippen MR) is 59.2 cm³/mol. The van der Waals surface area contributed by atoms with Crippen LogP contribution in [0.2, 0.25) is 5.02 Å². The van der Waals surface area contributed by atoms with E-state index in [2.05, 4.69) is 6.92 Å². The van der Waals surface area contributed by atoms with Gasteiger partial charge in [-0.25, -0.2) is 0 Å². The number of carboxylic acid groups (broad SMARTS) is 1. The summed E-state index contributed by atoms with van der Waals surface area (Å²) in [7, 11) is 0. The number of carbonyl (C=O) groups is 1. The molecule has 0 saturated heterocycles. The van der Waals surface area contributed by atoms with E-state index in [-0.39, 0.29) is 0 Å². The monoisotopic (exact) mass is 232 g/mol. The molecule has 0 aliphatic rings. The lowest BCUT2D eigenvalue weighted by molar-refractivity contribution is -0.138. The van der Waals surface area contributed by atoms with Crippen LogP contribution in [0.4, 0.5) is 0 Å². The van der Waals surface area contributed by atoms with Crippen molar-refractivity contribution in [2.24, 2.45) is 0 Å². The lowest BCUT2D eigenvalue weighted by Gasteiger charge is -2.09. The molecule has 0 amide bonds. The Bertz CT molecular complexity index is 309. The Morgan fingerprint density at radius 3 is 2.86 bits per heavy atom. The number of unbranched alkanes of at least 4 members (excludes halogenated alkanes) is 1.